The van der Waals surface area contributed by atoms with Crippen LogP contribution in [-0.2, 0) is 17.6 Å². The number of benzene rings is 1. The van der Waals surface area contributed by atoms with Crippen molar-refractivity contribution in [2.45, 2.75) is 39.5 Å². The minimum atomic E-state index is -0.286. The number of hydrogen-bond donors (Lipinski definition) is 1. The number of amides is 1. The summed E-state index contributed by atoms with van der Waals surface area (Å²) in [6, 6.07) is 6.01. The monoisotopic (exact) mass is 374 g/mol. The van der Waals surface area contributed by atoms with Gasteiger partial charge in [0.05, 0.1) is 10.6 Å². The van der Waals surface area contributed by atoms with Gasteiger partial charge < -0.3 is 10.1 Å². The molecule has 0 bridgehead atoms. The zero-order chi connectivity index (χ0) is 18.0. The topological polar surface area (TPSA) is 62.1 Å². The number of nitrogens with zero attached hydrogens (tertiary/aromatic N) is 1. The number of thiophene rings is 1. The number of rotatable bonds is 4. The minimum Gasteiger partial charge on any atom is -0.482 e. The normalized spacial score (nSPS) is 13.0. The van der Waals surface area contributed by atoms with Crippen LogP contribution in [0.3, 0.4) is 0 Å². The van der Waals surface area contributed by atoms with Crippen LogP contribution in [0.4, 0.5) is 5.00 Å². The lowest BCUT2D eigenvalue weighted by Crippen LogP contribution is -2.20. The van der Waals surface area contributed by atoms with Crippen LogP contribution >= 0.6 is 22.9 Å². The molecular weight excluding hydrogens is 356 g/mol. The highest BCUT2D eigenvalue weighted by molar-refractivity contribution is 7.16. The zero-order valence-corrected chi connectivity index (χ0v) is 15.8. The van der Waals surface area contributed by atoms with Crippen molar-refractivity contribution in [3.05, 3.63) is 44.3 Å². The molecule has 0 atom stereocenters. The highest BCUT2D eigenvalue weighted by Gasteiger charge is 2.22. The molecule has 1 aliphatic rings. The van der Waals surface area contributed by atoms with E-state index >= 15 is 0 Å². The molecule has 0 saturated carbocycles. The molecule has 0 fully saturated rings. The number of fused-ring (bicyclic) bond motifs is 1. The van der Waals surface area contributed by atoms with Crippen LogP contribution in [-0.4, -0.2) is 12.5 Å². The molecule has 0 aliphatic heterocycles. The van der Waals surface area contributed by atoms with E-state index in [0.717, 1.165) is 42.4 Å². The number of anilines is 1. The summed E-state index contributed by atoms with van der Waals surface area (Å²) >= 11 is 7.71. The Kier molecular flexibility index (Phi) is 5.31. The quantitative estimate of drug-likeness (QED) is 0.837. The number of hydrogen-bond acceptors (Lipinski definition) is 4. The van der Waals surface area contributed by atoms with E-state index in [1.165, 1.54) is 16.2 Å². The lowest BCUT2D eigenvalue weighted by molar-refractivity contribution is -0.118. The number of carbonyl (C=O) groups excluding carboxylic acids is 1. The fraction of sp³-hybridized carbons (Fsp3) is 0.368. The van der Waals surface area contributed by atoms with Crippen molar-refractivity contribution in [1.29, 1.82) is 5.26 Å². The summed E-state index contributed by atoms with van der Waals surface area (Å²) < 4.78 is 5.61. The van der Waals surface area contributed by atoms with Gasteiger partial charge in [0.1, 0.15) is 16.8 Å². The predicted molar refractivity (Wildman–Crippen MR) is 101 cm³/mol. The van der Waals surface area contributed by atoms with Gasteiger partial charge in [-0.15, -0.1) is 11.3 Å². The lowest BCUT2D eigenvalue weighted by Gasteiger charge is -2.12. The highest BCUT2D eigenvalue weighted by Crippen LogP contribution is 2.37. The number of ether oxygens (including phenoxy) is 1. The highest BCUT2D eigenvalue weighted by atomic mass is 35.5. The minimum absolute atomic E-state index is 0.142. The standard InChI is InChI=1S/C19H19ClN2O2S/c1-11-7-12(2)18(15(20)8-11)24-10-17(23)22-19-14(9-21)13-5-3-4-6-16(13)25-19/h7-8H,3-6,10H2,1-2H3,(H,22,23). The summed E-state index contributed by atoms with van der Waals surface area (Å²) in [5, 5.41) is 13.4. The van der Waals surface area contributed by atoms with Crippen LogP contribution in [0.15, 0.2) is 12.1 Å². The van der Waals surface area contributed by atoms with Gasteiger partial charge in [-0.25, -0.2) is 0 Å². The first-order valence-corrected chi connectivity index (χ1v) is 9.43. The average Bonchev–Trinajstić information content (AvgIpc) is 2.90. The molecule has 4 nitrogen and oxygen atoms in total. The second-order valence-electron chi connectivity index (χ2n) is 6.26. The number of carbonyl (C=O) groups is 1. The molecule has 2 aromatic rings. The summed E-state index contributed by atoms with van der Waals surface area (Å²) in [7, 11) is 0. The average molecular weight is 375 g/mol. The van der Waals surface area contributed by atoms with E-state index < -0.39 is 0 Å². The van der Waals surface area contributed by atoms with Crippen molar-refractivity contribution in [2.24, 2.45) is 0 Å². The third-order valence-corrected chi connectivity index (χ3v) is 5.75. The summed E-state index contributed by atoms with van der Waals surface area (Å²) in [5.41, 5.74) is 3.65. The van der Waals surface area contributed by atoms with Gasteiger partial charge in [0.25, 0.3) is 5.91 Å². The number of halogens is 1. The van der Waals surface area contributed by atoms with E-state index in [4.69, 9.17) is 16.3 Å². The van der Waals surface area contributed by atoms with E-state index in [1.54, 1.807) is 0 Å². The number of aryl methyl sites for hydroxylation is 3. The van der Waals surface area contributed by atoms with Crippen molar-refractivity contribution in [3.8, 4) is 11.8 Å². The molecule has 1 amide bonds. The van der Waals surface area contributed by atoms with E-state index in [1.807, 2.05) is 26.0 Å². The zero-order valence-electron chi connectivity index (χ0n) is 14.2. The van der Waals surface area contributed by atoms with E-state index in [0.29, 0.717) is 21.3 Å². The molecule has 0 saturated heterocycles. The Morgan fingerprint density at radius 1 is 1.36 bits per heavy atom. The molecule has 6 heteroatoms. The molecule has 1 heterocycles. The second-order valence-corrected chi connectivity index (χ2v) is 7.77. The van der Waals surface area contributed by atoms with Crippen LogP contribution < -0.4 is 10.1 Å². The van der Waals surface area contributed by atoms with Gasteiger partial charge in [-0.2, -0.15) is 5.26 Å². The van der Waals surface area contributed by atoms with E-state index in [9.17, 15) is 10.1 Å². The van der Waals surface area contributed by atoms with Crippen LogP contribution in [0, 0.1) is 25.2 Å². The maximum atomic E-state index is 12.3. The summed E-state index contributed by atoms with van der Waals surface area (Å²) in [6.07, 6.45) is 4.14. The van der Waals surface area contributed by atoms with Crippen molar-refractivity contribution in [1.82, 2.24) is 0 Å². The molecule has 0 radical (unpaired) electrons. The van der Waals surface area contributed by atoms with Gasteiger partial charge >= 0.3 is 0 Å². The lowest BCUT2D eigenvalue weighted by atomic mass is 9.96. The first-order chi connectivity index (χ1) is 12.0. The second kappa shape index (κ2) is 7.47. The van der Waals surface area contributed by atoms with Gasteiger partial charge in [-0.05, 0) is 62.3 Å². The SMILES string of the molecule is Cc1cc(C)c(OCC(=O)Nc2sc3c(c2C#N)CCCC3)c(Cl)c1. The maximum absolute atomic E-state index is 12.3. The van der Waals surface area contributed by atoms with Crippen molar-refractivity contribution in [3.63, 3.8) is 0 Å². The number of nitriles is 1. The van der Waals surface area contributed by atoms with Crippen LogP contribution in [0.25, 0.3) is 0 Å². The summed E-state index contributed by atoms with van der Waals surface area (Å²) in [5.74, 6) is 0.236. The van der Waals surface area contributed by atoms with Gasteiger partial charge in [-0.3, -0.25) is 4.79 Å². The Morgan fingerprint density at radius 3 is 2.84 bits per heavy atom. The summed E-state index contributed by atoms with van der Waals surface area (Å²) in [6.45, 7) is 3.71. The third kappa shape index (κ3) is 3.81. The molecule has 1 aliphatic carbocycles. The molecule has 1 aromatic heterocycles. The molecule has 25 heavy (non-hydrogen) atoms. The van der Waals surface area contributed by atoms with Crippen molar-refractivity contribution in [2.75, 3.05) is 11.9 Å². The molecule has 0 spiro atoms. The molecule has 3 rings (SSSR count). The first-order valence-electron chi connectivity index (χ1n) is 8.23. The van der Waals surface area contributed by atoms with Gasteiger partial charge in [-0.1, -0.05) is 17.7 Å². The van der Waals surface area contributed by atoms with E-state index in [2.05, 4.69) is 11.4 Å². The van der Waals surface area contributed by atoms with Gasteiger partial charge in [0, 0.05) is 4.88 Å². The predicted octanol–water partition coefficient (Wildman–Crippen LogP) is 4.79. The Balaban J connectivity index is 1.70. The first kappa shape index (κ1) is 17.8. The van der Waals surface area contributed by atoms with Crippen molar-refractivity contribution < 1.29 is 9.53 Å². The number of nitrogens with one attached hydrogen (secondary N) is 1. The van der Waals surface area contributed by atoms with Crippen molar-refractivity contribution >= 4 is 33.8 Å². The Morgan fingerprint density at radius 2 is 2.12 bits per heavy atom. The molecule has 0 unspecified atom stereocenters. The Hall–Kier alpha value is -2.03. The summed E-state index contributed by atoms with van der Waals surface area (Å²) in [4.78, 5) is 13.5. The van der Waals surface area contributed by atoms with E-state index in [-0.39, 0.29) is 12.5 Å². The molecular formula is C19H19ClN2O2S. The van der Waals surface area contributed by atoms with Crippen LogP contribution in [0.1, 0.15) is 40.0 Å². The fourth-order valence-electron chi connectivity index (χ4n) is 3.16. The molecule has 1 aromatic carbocycles. The van der Waals surface area contributed by atoms with Gasteiger partial charge in [0.15, 0.2) is 6.61 Å². The smallest absolute Gasteiger partial charge is 0.262 e. The van der Waals surface area contributed by atoms with Gasteiger partial charge in [0.2, 0.25) is 0 Å². The van der Waals surface area contributed by atoms with Crippen LogP contribution in [0.5, 0.6) is 5.75 Å². The fourth-order valence-corrected chi connectivity index (χ4v) is 4.79. The molecule has 1 N–H and O–H groups in total. The third-order valence-electron chi connectivity index (χ3n) is 4.26. The Bertz CT molecular complexity index is 844. The Labute approximate surface area is 156 Å². The van der Waals surface area contributed by atoms with Crippen LogP contribution in [0.2, 0.25) is 5.02 Å². The maximum Gasteiger partial charge on any atom is 0.262 e. The molecule has 130 valence electrons. The largest absolute Gasteiger partial charge is 0.482 e.